The Morgan fingerprint density at radius 2 is 1.57 bits per heavy atom. The monoisotopic (exact) mass is 310 g/mol. The van der Waals surface area contributed by atoms with E-state index in [1.54, 1.807) is 18.2 Å². The molecule has 1 aromatic heterocycles. The van der Waals surface area contributed by atoms with Crippen LogP contribution in [0.1, 0.15) is 0 Å². The van der Waals surface area contributed by atoms with Gasteiger partial charge >= 0.3 is 0 Å². The Morgan fingerprint density at radius 1 is 0.952 bits per heavy atom. The van der Waals surface area contributed by atoms with E-state index < -0.39 is 0 Å². The molecule has 0 fully saturated rings. The molecule has 21 heavy (non-hydrogen) atoms. The molecule has 0 radical (unpaired) electrons. The largest absolute Gasteiger partial charge is 0.493 e. The molecule has 6 nitrogen and oxygen atoms in total. The molecular weight excluding hydrogens is 296 g/mol. The number of nitrogens with two attached hydrogens (primary N) is 1. The van der Waals surface area contributed by atoms with Gasteiger partial charge in [0.2, 0.25) is 11.6 Å². The second kappa shape index (κ2) is 6.41. The number of benzene rings is 1. The zero-order chi connectivity index (χ0) is 15.4. The van der Waals surface area contributed by atoms with Gasteiger partial charge in [-0.1, -0.05) is 11.6 Å². The van der Waals surface area contributed by atoms with Crippen LogP contribution >= 0.6 is 11.6 Å². The highest BCUT2D eigenvalue weighted by Crippen LogP contribution is 2.41. The van der Waals surface area contributed by atoms with Crippen LogP contribution in [0.3, 0.4) is 0 Å². The summed E-state index contributed by atoms with van der Waals surface area (Å²) in [6.07, 6.45) is 0. The van der Waals surface area contributed by atoms with Gasteiger partial charge in [0.15, 0.2) is 11.5 Å². The summed E-state index contributed by atoms with van der Waals surface area (Å²) in [6, 6.07) is 6.40. The molecule has 7 heteroatoms. The van der Waals surface area contributed by atoms with Gasteiger partial charge in [0.25, 0.3) is 0 Å². The number of anilines is 1. The van der Waals surface area contributed by atoms with Gasteiger partial charge in [-0.2, -0.15) is 0 Å². The van der Waals surface area contributed by atoms with Crippen LogP contribution in [0, 0.1) is 0 Å². The lowest BCUT2D eigenvalue weighted by Gasteiger charge is -2.14. The van der Waals surface area contributed by atoms with Gasteiger partial charge < -0.3 is 24.7 Å². The lowest BCUT2D eigenvalue weighted by atomic mass is 10.2. The number of aromatic nitrogens is 1. The zero-order valence-electron chi connectivity index (χ0n) is 11.8. The Bertz CT molecular complexity index is 604. The minimum atomic E-state index is 0.248. The quantitative estimate of drug-likeness (QED) is 0.855. The van der Waals surface area contributed by atoms with Gasteiger partial charge in [0, 0.05) is 23.9 Å². The average Bonchev–Trinajstić information content (AvgIpc) is 2.45. The summed E-state index contributed by atoms with van der Waals surface area (Å²) >= 11 is 5.84. The summed E-state index contributed by atoms with van der Waals surface area (Å²) in [6.45, 7) is 0. The molecular formula is C14H15ClN2O4. The fourth-order valence-electron chi connectivity index (χ4n) is 1.78. The first-order valence-electron chi connectivity index (χ1n) is 5.98. The second-order valence-corrected chi connectivity index (χ2v) is 4.41. The summed E-state index contributed by atoms with van der Waals surface area (Å²) in [5, 5.41) is 0.248. The smallest absolute Gasteiger partial charge is 0.222 e. The fraction of sp³-hybridized carbons (Fsp3) is 0.214. The molecule has 2 N–H and O–H groups in total. The number of halogens is 1. The van der Waals surface area contributed by atoms with Crippen molar-refractivity contribution in [1.29, 1.82) is 0 Å². The van der Waals surface area contributed by atoms with E-state index in [4.69, 9.17) is 36.3 Å². The molecule has 2 rings (SSSR count). The van der Waals surface area contributed by atoms with E-state index in [1.807, 2.05) is 0 Å². The molecule has 0 spiro atoms. The Balaban J connectivity index is 2.40. The zero-order valence-corrected chi connectivity index (χ0v) is 12.6. The molecule has 0 amide bonds. The average molecular weight is 311 g/mol. The molecule has 112 valence electrons. The predicted molar refractivity (Wildman–Crippen MR) is 79.8 cm³/mol. The van der Waals surface area contributed by atoms with Crippen LogP contribution in [0.2, 0.25) is 5.15 Å². The molecule has 0 saturated carbocycles. The molecule has 0 unspecified atom stereocenters. The van der Waals surface area contributed by atoms with Crippen LogP contribution < -0.4 is 24.7 Å². The SMILES string of the molecule is COc1cc(Oc2cc(N)cc(Cl)n2)cc(OC)c1OC. The van der Waals surface area contributed by atoms with E-state index in [1.165, 1.54) is 27.4 Å². The fourth-order valence-corrected chi connectivity index (χ4v) is 1.99. The maximum Gasteiger partial charge on any atom is 0.222 e. The molecule has 1 heterocycles. The van der Waals surface area contributed by atoms with Crippen molar-refractivity contribution in [3.05, 3.63) is 29.4 Å². The first-order chi connectivity index (χ1) is 10.1. The van der Waals surface area contributed by atoms with Gasteiger partial charge in [-0.15, -0.1) is 0 Å². The number of nitrogen functional groups attached to an aromatic ring is 1. The van der Waals surface area contributed by atoms with Crippen molar-refractivity contribution in [1.82, 2.24) is 4.98 Å². The second-order valence-electron chi connectivity index (χ2n) is 4.02. The Hall–Kier alpha value is -2.34. The minimum Gasteiger partial charge on any atom is -0.493 e. The maximum atomic E-state index is 5.84. The standard InChI is InChI=1S/C14H15ClN2O4/c1-18-10-6-9(7-11(19-2)14(10)20-3)21-13-5-8(16)4-12(15)17-13/h4-7H,1-3H3,(H2,16,17). The maximum absolute atomic E-state index is 5.84. The van der Waals surface area contributed by atoms with E-state index in [-0.39, 0.29) is 11.0 Å². The van der Waals surface area contributed by atoms with Gasteiger partial charge in [-0.25, -0.2) is 4.98 Å². The summed E-state index contributed by atoms with van der Waals surface area (Å²) in [7, 11) is 4.58. The van der Waals surface area contributed by atoms with Crippen LogP contribution in [0.5, 0.6) is 28.9 Å². The molecule has 0 aliphatic rings. The predicted octanol–water partition coefficient (Wildman–Crippen LogP) is 3.14. The van der Waals surface area contributed by atoms with Crippen molar-refractivity contribution in [2.75, 3.05) is 27.1 Å². The van der Waals surface area contributed by atoms with Crippen LogP contribution in [-0.2, 0) is 0 Å². The highest BCUT2D eigenvalue weighted by molar-refractivity contribution is 6.29. The number of nitrogens with zero attached hydrogens (tertiary/aromatic N) is 1. The molecule has 0 saturated heterocycles. The van der Waals surface area contributed by atoms with Crippen LogP contribution in [0.25, 0.3) is 0 Å². The van der Waals surface area contributed by atoms with Crippen molar-refractivity contribution < 1.29 is 18.9 Å². The summed E-state index contributed by atoms with van der Waals surface area (Å²) in [5.41, 5.74) is 6.15. The summed E-state index contributed by atoms with van der Waals surface area (Å²) in [5.74, 6) is 2.16. The summed E-state index contributed by atoms with van der Waals surface area (Å²) in [4.78, 5) is 4.03. The lowest BCUT2D eigenvalue weighted by Crippen LogP contribution is -1.97. The number of pyridine rings is 1. The first kappa shape index (κ1) is 15.1. The number of hydrogen-bond donors (Lipinski definition) is 1. The van der Waals surface area contributed by atoms with Crippen LogP contribution in [-0.4, -0.2) is 26.3 Å². The summed E-state index contributed by atoms with van der Waals surface area (Å²) < 4.78 is 21.4. The van der Waals surface area contributed by atoms with Gasteiger partial charge in [-0.05, 0) is 6.07 Å². The lowest BCUT2D eigenvalue weighted by molar-refractivity contribution is 0.320. The highest BCUT2D eigenvalue weighted by Gasteiger charge is 2.14. The minimum absolute atomic E-state index is 0.248. The van der Waals surface area contributed by atoms with Crippen molar-refractivity contribution in [2.45, 2.75) is 0 Å². The Kier molecular flexibility index (Phi) is 4.59. The normalized spacial score (nSPS) is 10.1. The third-order valence-electron chi connectivity index (χ3n) is 2.65. The highest BCUT2D eigenvalue weighted by atomic mass is 35.5. The number of rotatable bonds is 5. The topological polar surface area (TPSA) is 75.8 Å². The third kappa shape index (κ3) is 3.41. The van der Waals surface area contributed by atoms with E-state index in [0.717, 1.165) is 0 Å². The number of methoxy groups -OCH3 is 3. The molecule has 2 aromatic rings. The van der Waals surface area contributed by atoms with Gasteiger partial charge in [0.05, 0.1) is 21.3 Å². The van der Waals surface area contributed by atoms with Gasteiger partial charge in [-0.3, -0.25) is 0 Å². The molecule has 0 aliphatic heterocycles. The van der Waals surface area contributed by atoms with E-state index in [2.05, 4.69) is 4.98 Å². The van der Waals surface area contributed by atoms with Crippen LogP contribution in [0.15, 0.2) is 24.3 Å². The van der Waals surface area contributed by atoms with Crippen LogP contribution in [0.4, 0.5) is 5.69 Å². The Labute approximate surface area is 127 Å². The van der Waals surface area contributed by atoms with Crippen molar-refractivity contribution in [3.63, 3.8) is 0 Å². The molecule has 0 atom stereocenters. The number of ether oxygens (including phenoxy) is 4. The Morgan fingerprint density at radius 3 is 2.05 bits per heavy atom. The van der Waals surface area contributed by atoms with Gasteiger partial charge in [0.1, 0.15) is 10.9 Å². The van der Waals surface area contributed by atoms with Crippen molar-refractivity contribution in [2.24, 2.45) is 0 Å². The van der Waals surface area contributed by atoms with E-state index in [9.17, 15) is 0 Å². The van der Waals surface area contributed by atoms with Crippen molar-refractivity contribution in [3.8, 4) is 28.9 Å². The van der Waals surface area contributed by atoms with E-state index in [0.29, 0.717) is 28.7 Å². The van der Waals surface area contributed by atoms with E-state index >= 15 is 0 Å². The number of hydrogen-bond acceptors (Lipinski definition) is 6. The molecule has 0 aliphatic carbocycles. The molecule has 0 bridgehead atoms. The molecule has 1 aromatic carbocycles. The third-order valence-corrected chi connectivity index (χ3v) is 2.85. The first-order valence-corrected chi connectivity index (χ1v) is 6.36. The van der Waals surface area contributed by atoms with Crippen molar-refractivity contribution >= 4 is 17.3 Å².